The van der Waals surface area contributed by atoms with E-state index >= 15 is 0 Å². The van der Waals surface area contributed by atoms with Gasteiger partial charge in [0.2, 0.25) is 0 Å². The van der Waals surface area contributed by atoms with Crippen molar-refractivity contribution in [2.24, 2.45) is 0 Å². The van der Waals surface area contributed by atoms with E-state index < -0.39 is 41.8 Å². The molecule has 1 aliphatic heterocycles. The quantitative estimate of drug-likeness (QED) is 0.369. The van der Waals surface area contributed by atoms with Crippen LogP contribution < -0.4 is 11.1 Å². The zero-order valence-corrected chi connectivity index (χ0v) is 19.9. The van der Waals surface area contributed by atoms with Crippen LogP contribution >= 0.6 is 0 Å². The zero-order valence-electron chi connectivity index (χ0n) is 19.9. The number of hydrogen-bond donors (Lipinski definition) is 2. The van der Waals surface area contributed by atoms with Crippen molar-refractivity contribution in [3.05, 3.63) is 47.5 Å². The van der Waals surface area contributed by atoms with E-state index in [4.69, 9.17) is 10.5 Å². The van der Waals surface area contributed by atoms with Gasteiger partial charge in [0.05, 0.1) is 17.3 Å². The van der Waals surface area contributed by atoms with Crippen molar-refractivity contribution in [3.8, 4) is 0 Å². The van der Waals surface area contributed by atoms with Crippen molar-refractivity contribution < 1.29 is 40.7 Å². The number of hydrogen-bond acceptors (Lipinski definition) is 6. The summed E-state index contributed by atoms with van der Waals surface area (Å²) in [6.07, 6.45) is -0.832. The fraction of sp³-hybridized carbons (Fsp3) is 0.391. The lowest BCUT2D eigenvalue weighted by molar-refractivity contribution is -0.289. The molecule has 0 saturated carbocycles. The fourth-order valence-corrected chi connectivity index (χ4v) is 3.93. The minimum absolute atomic E-state index is 0.0460. The summed E-state index contributed by atoms with van der Waals surface area (Å²) < 4.78 is 86.2. The molecule has 0 radical (unpaired) electrons. The molecule has 2 amide bonds. The van der Waals surface area contributed by atoms with Crippen LogP contribution in [0.1, 0.15) is 36.6 Å². The monoisotopic (exact) mass is 544 g/mol. The van der Waals surface area contributed by atoms with Gasteiger partial charge in [0, 0.05) is 37.5 Å². The van der Waals surface area contributed by atoms with Gasteiger partial charge in [0.25, 0.3) is 0 Å². The molecule has 4 rings (SSSR count). The lowest BCUT2D eigenvalue weighted by Crippen LogP contribution is -2.37. The van der Waals surface area contributed by atoms with Gasteiger partial charge in [-0.15, -0.1) is 0 Å². The van der Waals surface area contributed by atoms with Gasteiger partial charge in [0.15, 0.2) is 0 Å². The molecule has 0 spiro atoms. The highest BCUT2D eigenvalue weighted by molar-refractivity contribution is 6.40. The predicted octanol–water partition coefficient (Wildman–Crippen LogP) is 4.10. The molecule has 3 heterocycles. The molecule has 38 heavy (non-hydrogen) atoms. The first-order chi connectivity index (χ1) is 17.8. The Balaban J connectivity index is 1.48. The standard InChI is InChI=1S/C23H22F6N6O3/c1-34(10-12-5-6-13(8-15(12)24)22(25,26)23(27,28)29)21(37)20(36)32-16-9-31-19(30)14-11-35(33-18(14)16)17-4-2-3-7-38-17/h5-6,8-9,11,17H,2-4,7,10H2,1H3,(H2,30,31)(H,32,36). The molecule has 2 aromatic heterocycles. The summed E-state index contributed by atoms with van der Waals surface area (Å²) in [6, 6.07) is 1.15. The molecule has 1 unspecified atom stereocenters. The molecule has 1 saturated heterocycles. The second kappa shape index (κ2) is 10.1. The third-order valence-electron chi connectivity index (χ3n) is 6.01. The number of nitrogens with two attached hydrogens (primary N) is 1. The minimum atomic E-state index is -5.91. The Morgan fingerprint density at radius 3 is 2.61 bits per heavy atom. The summed E-state index contributed by atoms with van der Waals surface area (Å²) in [5.41, 5.74) is 4.29. The summed E-state index contributed by atoms with van der Waals surface area (Å²) in [5.74, 6) is -8.81. The number of halogens is 6. The van der Waals surface area contributed by atoms with Gasteiger partial charge in [-0.25, -0.2) is 14.1 Å². The number of ether oxygens (including phenoxy) is 1. The van der Waals surface area contributed by atoms with E-state index in [1.807, 2.05) is 0 Å². The predicted molar refractivity (Wildman–Crippen MR) is 122 cm³/mol. The van der Waals surface area contributed by atoms with Crippen LogP contribution in [0.4, 0.5) is 37.8 Å². The Morgan fingerprint density at radius 2 is 1.97 bits per heavy atom. The zero-order chi connectivity index (χ0) is 27.8. The van der Waals surface area contributed by atoms with Gasteiger partial charge in [-0.05, 0) is 25.3 Å². The van der Waals surface area contributed by atoms with Crippen molar-refractivity contribution in [2.75, 3.05) is 24.7 Å². The summed E-state index contributed by atoms with van der Waals surface area (Å²) >= 11 is 0. The van der Waals surface area contributed by atoms with Gasteiger partial charge in [-0.2, -0.15) is 27.1 Å². The average Bonchev–Trinajstić information content (AvgIpc) is 3.33. The molecular formula is C23H22F6N6O3. The van der Waals surface area contributed by atoms with Crippen LogP contribution in [-0.2, 0) is 26.8 Å². The summed E-state index contributed by atoms with van der Waals surface area (Å²) in [7, 11) is 1.13. The second-order valence-corrected chi connectivity index (χ2v) is 8.74. The number of nitrogens with one attached hydrogen (secondary N) is 1. The molecule has 1 aromatic carbocycles. The van der Waals surface area contributed by atoms with E-state index in [-0.39, 0.29) is 34.9 Å². The van der Waals surface area contributed by atoms with Gasteiger partial charge in [-0.1, -0.05) is 12.1 Å². The number of nitrogens with zero attached hydrogens (tertiary/aromatic N) is 4. The van der Waals surface area contributed by atoms with Gasteiger partial charge >= 0.3 is 23.9 Å². The topological polar surface area (TPSA) is 115 Å². The van der Waals surface area contributed by atoms with Crippen molar-refractivity contribution in [1.82, 2.24) is 19.7 Å². The molecule has 3 aromatic rings. The van der Waals surface area contributed by atoms with Crippen LogP contribution in [0.5, 0.6) is 0 Å². The van der Waals surface area contributed by atoms with Gasteiger partial charge in [0.1, 0.15) is 23.4 Å². The molecular weight excluding hydrogens is 522 g/mol. The Labute approximate surface area is 211 Å². The van der Waals surface area contributed by atoms with E-state index in [0.717, 1.165) is 31.2 Å². The van der Waals surface area contributed by atoms with E-state index in [2.05, 4.69) is 15.4 Å². The fourth-order valence-electron chi connectivity index (χ4n) is 3.93. The smallest absolute Gasteiger partial charge is 0.383 e. The molecule has 0 aliphatic carbocycles. The Morgan fingerprint density at radius 1 is 1.24 bits per heavy atom. The maximum atomic E-state index is 14.3. The van der Waals surface area contributed by atoms with Crippen LogP contribution in [0.3, 0.4) is 0 Å². The van der Waals surface area contributed by atoms with Crippen LogP contribution in [0, 0.1) is 5.82 Å². The number of alkyl halides is 5. The molecule has 1 fully saturated rings. The number of pyridine rings is 1. The summed E-state index contributed by atoms with van der Waals surface area (Å²) in [4.78, 5) is 30.0. The number of benzene rings is 1. The van der Waals surface area contributed by atoms with Crippen molar-refractivity contribution in [3.63, 3.8) is 0 Å². The molecule has 15 heteroatoms. The lowest BCUT2D eigenvalue weighted by atomic mass is 10.0. The number of amides is 2. The van der Waals surface area contributed by atoms with E-state index in [9.17, 15) is 35.9 Å². The number of likely N-dealkylation sites (N-methyl/N-ethyl adjacent to an activating group) is 1. The first kappa shape index (κ1) is 27.2. The third-order valence-corrected chi connectivity index (χ3v) is 6.01. The number of carbonyl (C=O) groups is 2. The summed E-state index contributed by atoms with van der Waals surface area (Å²) in [6.45, 7) is -0.0217. The Hall–Kier alpha value is -3.88. The highest BCUT2D eigenvalue weighted by Crippen LogP contribution is 2.44. The van der Waals surface area contributed by atoms with Crippen molar-refractivity contribution in [1.29, 1.82) is 0 Å². The largest absolute Gasteiger partial charge is 0.458 e. The maximum absolute atomic E-state index is 14.3. The average molecular weight is 544 g/mol. The summed E-state index contributed by atoms with van der Waals surface area (Å²) in [5, 5.41) is 7.21. The SMILES string of the molecule is CN(Cc1ccc(C(F)(F)C(F)(F)F)cc1F)C(=O)C(=O)Nc1cnc(N)c2cn(C3CCCCO3)nc12. The first-order valence-electron chi connectivity index (χ1n) is 11.3. The Kier molecular flexibility index (Phi) is 7.23. The van der Waals surface area contributed by atoms with Gasteiger partial charge < -0.3 is 20.7 Å². The number of carbonyl (C=O) groups excluding carboxylic acids is 2. The minimum Gasteiger partial charge on any atom is -0.383 e. The molecule has 204 valence electrons. The molecule has 9 nitrogen and oxygen atoms in total. The third kappa shape index (κ3) is 5.23. The van der Waals surface area contributed by atoms with E-state index in [1.54, 1.807) is 10.9 Å². The van der Waals surface area contributed by atoms with Gasteiger partial charge in [-0.3, -0.25) is 9.59 Å². The number of anilines is 2. The van der Waals surface area contributed by atoms with Crippen molar-refractivity contribution >= 4 is 34.2 Å². The van der Waals surface area contributed by atoms with Crippen LogP contribution in [0.25, 0.3) is 10.9 Å². The molecule has 1 atom stereocenters. The first-order valence-corrected chi connectivity index (χ1v) is 11.3. The number of fused-ring (bicyclic) bond motifs is 1. The lowest BCUT2D eigenvalue weighted by Gasteiger charge is -2.22. The Bertz CT molecular complexity index is 1370. The number of aromatic nitrogens is 3. The van der Waals surface area contributed by atoms with E-state index in [0.29, 0.717) is 24.1 Å². The van der Waals surface area contributed by atoms with Crippen LogP contribution in [0.15, 0.2) is 30.6 Å². The second-order valence-electron chi connectivity index (χ2n) is 8.74. The maximum Gasteiger partial charge on any atom is 0.458 e. The number of rotatable bonds is 5. The molecule has 3 N–H and O–H groups in total. The normalized spacial score (nSPS) is 16.4. The van der Waals surface area contributed by atoms with Crippen LogP contribution in [0.2, 0.25) is 0 Å². The highest BCUT2D eigenvalue weighted by atomic mass is 19.4. The number of nitrogen functional groups attached to an aromatic ring is 1. The molecule has 0 bridgehead atoms. The van der Waals surface area contributed by atoms with E-state index in [1.165, 1.54) is 6.20 Å². The van der Waals surface area contributed by atoms with Crippen LogP contribution in [-0.4, -0.2) is 51.3 Å². The van der Waals surface area contributed by atoms with Crippen molar-refractivity contribution in [2.45, 2.75) is 44.1 Å². The highest BCUT2D eigenvalue weighted by Gasteiger charge is 2.58. The molecule has 1 aliphatic rings.